The number of hydrogen-bond acceptors (Lipinski definition) is 7. The Hall–Kier alpha value is -2.51. The second kappa shape index (κ2) is 9.61. The van der Waals surface area contributed by atoms with Crippen molar-refractivity contribution in [3.05, 3.63) is 47.2 Å². The van der Waals surface area contributed by atoms with Crippen molar-refractivity contribution >= 4 is 23.0 Å². The highest BCUT2D eigenvalue weighted by molar-refractivity contribution is 7.15. The van der Waals surface area contributed by atoms with E-state index >= 15 is 0 Å². The lowest BCUT2D eigenvalue weighted by atomic mass is 10.3. The summed E-state index contributed by atoms with van der Waals surface area (Å²) >= 11 is 1.65. The summed E-state index contributed by atoms with van der Waals surface area (Å²) in [6, 6.07) is 9.80. The van der Waals surface area contributed by atoms with Gasteiger partial charge in [0.15, 0.2) is 0 Å². The Labute approximate surface area is 170 Å². The molecule has 1 aromatic carbocycles. The number of nitrogens with zero attached hydrogens (tertiary/aromatic N) is 4. The van der Waals surface area contributed by atoms with E-state index in [9.17, 15) is 0 Å². The predicted octanol–water partition coefficient (Wildman–Crippen LogP) is 4.68. The quantitative estimate of drug-likeness (QED) is 0.566. The summed E-state index contributed by atoms with van der Waals surface area (Å²) in [6.45, 7) is 12.1. The minimum absolute atomic E-state index is 0.568. The first-order chi connectivity index (χ1) is 13.6. The van der Waals surface area contributed by atoms with Crippen molar-refractivity contribution in [3.8, 4) is 16.3 Å². The lowest BCUT2D eigenvalue weighted by Crippen LogP contribution is -2.27. The van der Waals surface area contributed by atoms with Gasteiger partial charge >= 0.3 is 0 Å². The Morgan fingerprint density at radius 2 is 1.79 bits per heavy atom. The fraction of sp³-hybridized carbons (Fsp3) is 0.381. The molecule has 0 radical (unpaired) electrons. The largest absolute Gasteiger partial charge is 0.492 e. The second-order valence-corrected chi connectivity index (χ2v) is 7.64. The number of benzene rings is 1. The molecule has 0 saturated heterocycles. The third-order valence-corrected chi connectivity index (χ3v) is 5.57. The van der Waals surface area contributed by atoms with Crippen LogP contribution in [0.5, 0.6) is 5.75 Å². The Morgan fingerprint density at radius 3 is 2.43 bits per heavy atom. The molecular formula is C21H27N5OS. The highest BCUT2D eigenvalue weighted by Gasteiger charge is 2.10. The van der Waals surface area contributed by atoms with Crippen molar-refractivity contribution in [2.75, 3.05) is 31.6 Å². The predicted molar refractivity (Wildman–Crippen MR) is 116 cm³/mol. The van der Waals surface area contributed by atoms with Gasteiger partial charge < -0.3 is 15.0 Å². The number of hydrogen-bond donors (Lipinski definition) is 1. The van der Waals surface area contributed by atoms with Gasteiger partial charge in [-0.05, 0) is 57.3 Å². The van der Waals surface area contributed by atoms with Gasteiger partial charge in [0, 0.05) is 18.4 Å². The molecule has 3 aromatic rings. The molecule has 28 heavy (non-hydrogen) atoms. The van der Waals surface area contributed by atoms with Crippen LogP contribution < -0.4 is 10.1 Å². The van der Waals surface area contributed by atoms with Crippen molar-refractivity contribution in [2.24, 2.45) is 0 Å². The van der Waals surface area contributed by atoms with E-state index in [1.807, 2.05) is 44.2 Å². The van der Waals surface area contributed by atoms with E-state index in [1.54, 1.807) is 17.5 Å². The lowest BCUT2D eigenvalue weighted by molar-refractivity contribution is 0.223. The fourth-order valence-electron chi connectivity index (χ4n) is 2.91. The van der Waals surface area contributed by atoms with Crippen molar-refractivity contribution < 1.29 is 4.74 Å². The molecule has 0 unspecified atom stereocenters. The van der Waals surface area contributed by atoms with Gasteiger partial charge in [-0.1, -0.05) is 13.8 Å². The highest BCUT2D eigenvalue weighted by Crippen LogP contribution is 2.29. The molecular weight excluding hydrogens is 370 g/mol. The van der Waals surface area contributed by atoms with Crippen LogP contribution in [0.4, 0.5) is 11.6 Å². The van der Waals surface area contributed by atoms with Crippen LogP contribution in [0.15, 0.2) is 36.5 Å². The van der Waals surface area contributed by atoms with Crippen LogP contribution in [-0.4, -0.2) is 46.1 Å². The number of rotatable bonds is 9. The molecule has 0 bridgehead atoms. The van der Waals surface area contributed by atoms with Crippen LogP contribution in [0.25, 0.3) is 10.6 Å². The molecule has 0 aliphatic heterocycles. The van der Waals surface area contributed by atoms with Gasteiger partial charge in [-0.15, -0.1) is 11.3 Å². The maximum absolute atomic E-state index is 5.83. The SMILES string of the molecule is CCN(CC)CCOc1ccc(Nc2nccc(-c3sc(C)nc3C)n2)cc1. The maximum atomic E-state index is 5.83. The second-order valence-electron chi connectivity index (χ2n) is 6.44. The first kappa shape index (κ1) is 20.2. The van der Waals surface area contributed by atoms with Gasteiger partial charge in [0.2, 0.25) is 5.95 Å². The van der Waals surface area contributed by atoms with Crippen molar-refractivity contribution in [3.63, 3.8) is 0 Å². The van der Waals surface area contributed by atoms with E-state index in [-0.39, 0.29) is 0 Å². The van der Waals surface area contributed by atoms with Gasteiger partial charge in [-0.3, -0.25) is 0 Å². The van der Waals surface area contributed by atoms with Gasteiger partial charge in [0.1, 0.15) is 12.4 Å². The normalized spacial score (nSPS) is 11.0. The first-order valence-electron chi connectivity index (χ1n) is 9.58. The van der Waals surface area contributed by atoms with Gasteiger partial charge in [-0.2, -0.15) is 0 Å². The third kappa shape index (κ3) is 5.27. The molecule has 2 heterocycles. The zero-order valence-corrected chi connectivity index (χ0v) is 17.7. The van der Waals surface area contributed by atoms with Crippen molar-refractivity contribution in [1.82, 2.24) is 19.9 Å². The molecule has 0 spiro atoms. The number of ether oxygens (including phenoxy) is 1. The molecule has 0 fully saturated rings. The van der Waals surface area contributed by atoms with Crippen LogP contribution >= 0.6 is 11.3 Å². The van der Waals surface area contributed by atoms with Crippen LogP contribution in [-0.2, 0) is 0 Å². The summed E-state index contributed by atoms with van der Waals surface area (Å²) in [5.41, 5.74) is 2.81. The molecule has 7 heteroatoms. The Balaban J connectivity index is 1.61. The lowest BCUT2D eigenvalue weighted by Gasteiger charge is -2.18. The van der Waals surface area contributed by atoms with Crippen LogP contribution in [0, 0.1) is 13.8 Å². The summed E-state index contributed by atoms with van der Waals surface area (Å²) in [4.78, 5) is 16.9. The number of aromatic nitrogens is 3. The Morgan fingerprint density at radius 1 is 1.04 bits per heavy atom. The summed E-state index contributed by atoms with van der Waals surface area (Å²) in [7, 11) is 0. The van der Waals surface area contributed by atoms with E-state index in [2.05, 4.69) is 39.0 Å². The minimum atomic E-state index is 0.568. The monoisotopic (exact) mass is 397 g/mol. The van der Waals surface area contributed by atoms with Crippen LogP contribution in [0.2, 0.25) is 0 Å². The minimum Gasteiger partial charge on any atom is -0.492 e. The number of anilines is 2. The number of aryl methyl sites for hydroxylation is 2. The smallest absolute Gasteiger partial charge is 0.227 e. The van der Waals surface area contributed by atoms with E-state index in [0.29, 0.717) is 12.6 Å². The topological polar surface area (TPSA) is 63.2 Å². The van der Waals surface area contributed by atoms with Gasteiger partial charge in [0.05, 0.1) is 21.3 Å². The molecule has 2 aromatic heterocycles. The van der Waals surface area contributed by atoms with Crippen molar-refractivity contribution in [2.45, 2.75) is 27.7 Å². The summed E-state index contributed by atoms with van der Waals surface area (Å²) in [6.07, 6.45) is 1.77. The zero-order chi connectivity index (χ0) is 19.9. The molecule has 1 N–H and O–H groups in total. The van der Waals surface area contributed by atoms with E-state index in [1.165, 1.54) is 0 Å². The fourth-order valence-corrected chi connectivity index (χ4v) is 3.80. The molecule has 0 atom stereocenters. The molecule has 0 amide bonds. The number of thiazole rings is 1. The zero-order valence-electron chi connectivity index (χ0n) is 16.9. The molecule has 0 aliphatic carbocycles. The molecule has 0 saturated carbocycles. The molecule has 148 valence electrons. The summed E-state index contributed by atoms with van der Waals surface area (Å²) < 4.78 is 5.83. The standard InChI is InChI=1S/C21H27N5OS/c1-5-26(6-2)13-14-27-18-9-7-17(8-10-18)24-21-22-12-11-19(25-21)20-15(3)23-16(4)28-20/h7-12H,5-6,13-14H2,1-4H3,(H,22,24,25). The van der Waals surface area contributed by atoms with Gasteiger partial charge in [-0.25, -0.2) is 15.0 Å². The van der Waals surface area contributed by atoms with Crippen LogP contribution in [0.3, 0.4) is 0 Å². The Kier molecular flexibility index (Phi) is 6.95. The Bertz CT molecular complexity index is 890. The molecule has 0 aliphatic rings. The van der Waals surface area contributed by atoms with Crippen molar-refractivity contribution in [1.29, 1.82) is 0 Å². The van der Waals surface area contributed by atoms with E-state index < -0.39 is 0 Å². The summed E-state index contributed by atoms with van der Waals surface area (Å²) in [5.74, 6) is 1.43. The van der Waals surface area contributed by atoms with Gasteiger partial charge in [0.25, 0.3) is 0 Å². The van der Waals surface area contributed by atoms with E-state index in [0.717, 1.165) is 52.3 Å². The third-order valence-electron chi connectivity index (χ3n) is 4.47. The highest BCUT2D eigenvalue weighted by atomic mass is 32.1. The number of likely N-dealkylation sites (N-methyl/N-ethyl adjacent to an activating group) is 1. The maximum Gasteiger partial charge on any atom is 0.227 e. The average Bonchev–Trinajstić information content (AvgIpc) is 3.05. The number of nitrogens with one attached hydrogen (secondary N) is 1. The van der Waals surface area contributed by atoms with Crippen LogP contribution in [0.1, 0.15) is 24.5 Å². The molecule has 6 nitrogen and oxygen atoms in total. The summed E-state index contributed by atoms with van der Waals surface area (Å²) in [5, 5.41) is 4.30. The first-order valence-corrected chi connectivity index (χ1v) is 10.4. The average molecular weight is 398 g/mol. The van der Waals surface area contributed by atoms with E-state index in [4.69, 9.17) is 4.74 Å². The molecule has 3 rings (SSSR count).